The van der Waals surface area contributed by atoms with Crippen LogP contribution in [0.1, 0.15) is 17.0 Å². The summed E-state index contributed by atoms with van der Waals surface area (Å²) in [7, 11) is 0. The molecule has 0 spiro atoms. The van der Waals surface area contributed by atoms with Gasteiger partial charge in [0.25, 0.3) is 0 Å². The smallest absolute Gasteiger partial charge is 0.234 e. The molecule has 3 aromatic carbocycles. The lowest BCUT2D eigenvalue weighted by atomic mass is 10.2. The van der Waals surface area contributed by atoms with Crippen LogP contribution in [0.3, 0.4) is 0 Å². The summed E-state index contributed by atoms with van der Waals surface area (Å²) >= 11 is 7.40. The van der Waals surface area contributed by atoms with Crippen LogP contribution in [0.2, 0.25) is 5.02 Å². The van der Waals surface area contributed by atoms with Crippen molar-refractivity contribution in [3.05, 3.63) is 94.8 Å². The normalized spacial score (nSPS) is 10.8. The van der Waals surface area contributed by atoms with Gasteiger partial charge in [-0.2, -0.15) is 0 Å². The highest BCUT2D eigenvalue weighted by atomic mass is 35.5. The largest absolute Gasteiger partial charge is 0.378 e. The Morgan fingerprint density at radius 1 is 1.00 bits per heavy atom. The number of halogens is 1. The number of rotatable bonds is 8. The summed E-state index contributed by atoms with van der Waals surface area (Å²) in [6.07, 6.45) is 0. The number of hydrogen-bond acceptors (Lipinski definition) is 5. The molecule has 33 heavy (non-hydrogen) atoms. The van der Waals surface area contributed by atoms with Crippen LogP contribution >= 0.6 is 23.4 Å². The average Bonchev–Trinajstić information content (AvgIpc) is 3.23. The number of nitrogens with one attached hydrogen (secondary N) is 2. The Kier molecular flexibility index (Phi) is 7.32. The van der Waals surface area contributed by atoms with Gasteiger partial charge in [-0.05, 0) is 55.8 Å². The van der Waals surface area contributed by atoms with Crippen LogP contribution in [0.25, 0.3) is 5.69 Å². The molecule has 0 aliphatic heterocycles. The number of anilines is 2. The van der Waals surface area contributed by atoms with Crippen LogP contribution in [-0.2, 0) is 11.3 Å². The van der Waals surface area contributed by atoms with Gasteiger partial charge in [0.1, 0.15) is 0 Å². The van der Waals surface area contributed by atoms with Crippen LogP contribution in [-0.4, -0.2) is 26.4 Å². The number of aromatic nitrogens is 3. The maximum Gasteiger partial charge on any atom is 0.234 e. The van der Waals surface area contributed by atoms with Crippen molar-refractivity contribution < 1.29 is 4.79 Å². The van der Waals surface area contributed by atoms with E-state index in [1.165, 1.54) is 17.3 Å². The third-order valence-corrected chi connectivity index (χ3v) is 6.19. The number of aryl methyl sites for hydroxylation is 2. The van der Waals surface area contributed by atoms with Crippen molar-refractivity contribution in [3.8, 4) is 5.69 Å². The minimum atomic E-state index is -0.132. The Morgan fingerprint density at radius 3 is 2.52 bits per heavy atom. The predicted octanol–water partition coefficient (Wildman–Crippen LogP) is 5.88. The summed E-state index contributed by atoms with van der Waals surface area (Å²) < 4.78 is 1.98. The van der Waals surface area contributed by atoms with Gasteiger partial charge in [-0.15, -0.1) is 10.2 Å². The summed E-state index contributed by atoms with van der Waals surface area (Å²) in [4.78, 5) is 12.6. The van der Waals surface area contributed by atoms with E-state index in [1.807, 2.05) is 60.0 Å². The highest BCUT2D eigenvalue weighted by Gasteiger charge is 2.16. The second-order valence-corrected chi connectivity index (χ2v) is 8.96. The molecule has 1 aromatic heterocycles. The van der Waals surface area contributed by atoms with E-state index < -0.39 is 0 Å². The standard InChI is InChI=1S/C25H24ClN5OS/c1-17-8-12-20(13-9-17)27-15-23-29-30-25(31(23)21-6-4-3-5-7-21)33-16-24(32)28-22-14-19(26)11-10-18(22)2/h3-14,27H,15-16H2,1-2H3,(H,28,32). The second kappa shape index (κ2) is 10.6. The molecule has 0 saturated heterocycles. The van der Waals surface area contributed by atoms with E-state index in [0.717, 1.165) is 22.8 Å². The van der Waals surface area contributed by atoms with Gasteiger partial charge in [0, 0.05) is 22.1 Å². The number of para-hydroxylation sites is 1. The molecule has 6 nitrogen and oxygen atoms in total. The zero-order valence-electron chi connectivity index (χ0n) is 18.4. The maximum absolute atomic E-state index is 12.6. The van der Waals surface area contributed by atoms with E-state index in [-0.39, 0.29) is 11.7 Å². The number of nitrogens with zero attached hydrogens (tertiary/aromatic N) is 3. The van der Waals surface area contributed by atoms with Crippen LogP contribution in [0, 0.1) is 13.8 Å². The molecule has 0 unspecified atom stereocenters. The molecule has 8 heteroatoms. The molecular formula is C25H24ClN5OS. The molecule has 2 N–H and O–H groups in total. The molecule has 0 atom stereocenters. The first-order chi connectivity index (χ1) is 16.0. The number of thioether (sulfide) groups is 1. The Hall–Kier alpha value is -3.29. The lowest BCUT2D eigenvalue weighted by Crippen LogP contribution is -2.15. The van der Waals surface area contributed by atoms with Gasteiger partial charge in [-0.25, -0.2) is 0 Å². The van der Waals surface area contributed by atoms with E-state index >= 15 is 0 Å². The first-order valence-corrected chi connectivity index (χ1v) is 11.8. The highest BCUT2D eigenvalue weighted by molar-refractivity contribution is 7.99. The van der Waals surface area contributed by atoms with E-state index in [4.69, 9.17) is 11.6 Å². The van der Waals surface area contributed by atoms with E-state index in [1.54, 1.807) is 12.1 Å². The number of amides is 1. The van der Waals surface area contributed by atoms with Crippen molar-refractivity contribution in [2.24, 2.45) is 0 Å². The summed E-state index contributed by atoms with van der Waals surface area (Å²) in [5.74, 6) is 0.824. The van der Waals surface area contributed by atoms with Crippen LogP contribution in [0.5, 0.6) is 0 Å². The van der Waals surface area contributed by atoms with Crippen LogP contribution in [0.15, 0.2) is 78.0 Å². The zero-order chi connectivity index (χ0) is 23.2. The van der Waals surface area contributed by atoms with Gasteiger partial charge in [0.05, 0.1) is 12.3 Å². The summed E-state index contributed by atoms with van der Waals surface area (Å²) in [6.45, 7) is 4.49. The van der Waals surface area contributed by atoms with Gasteiger partial charge in [-0.1, -0.05) is 65.3 Å². The first kappa shape index (κ1) is 22.9. The van der Waals surface area contributed by atoms with Crippen molar-refractivity contribution in [1.82, 2.24) is 14.8 Å². The Bertz CT molecular complexity index is 1240. The quantitative estimate of drug-likeness (QED) is 0.310. The molecule has 168 valence electrons. The van der Waals surface area contributed by atoms with E-state index in [2.05, 4.69) is 39.9 Å². The molecule has 0 radical (unpaired) electrons. The summed E-state index contributed by atoms with van der Waals surface area (Å²) in [5, 5.41) is 16.3. The number of hydrogen-bond donors (Lipinski definition) is 2. The molecule has 0 bridgehead atoms. The fourth-order valence-electron chi connectivity index (χ4n) is 3.24. The van der Waals surface area contributed by atoms with Gasteiger partial charge in [0.2, 0.25) is 5.91 Å². The molecule has 0 saturated carbocycles. The van der Waals surface area contributed by atoms with E-state index in [9.17, 15) is 4.79 Å². The topological polar surface area (TPSA) is 71.8 Å². The van der Waals surface area contributed by atoms with Crippen molar-refractivity contribution in [2.45, 2.75) is 25.5 Å². The minimum Gasteiger partial charge on any atom is -0.378 e. The second-order valence-electron chi connectivity index (χ2n) is 7.59. The van der Waals surface area contributed by atoms with Crippen molar-refractivity contribution in [3.63, 3.8) is 0 Å². The third kappa shape index (κ3) is 5.94. The molecular weight excluding hydrogens is 454 g/mol. The number of carbonyl (C=O) groups excluding carboxylic acids is 1. The predicted molar refractivity (Wildman–Crippen MR) is 135 cm³/mol. The fourth-order valence-corrected chi connectivity index (χ4v) is 4.19. The maximum atomic E-state index is 12.6. The first-order valence-electron chi connectivity index (χ1n) is 10.5. The summed E-state index contributed by atoms with van der Waals surface area (Å²) in [5.41, 5.74) is 4.82. The Balaban J connectivity index is 1.49. The Labute approximate surface area is 202 Å². The molecule has 4 aromatic rings. The average molecular weight is 478 g/mol. The lowest BCUT2D eigenvalue weighted by molar-refractivity contribution is -0.113. The van der Waals surface area contributed by atoms with Gasteiger partial charge in [0.15, 0.2) is 11.0 Å². The van der Waals surface area contributed by atoms with Gasteiger partial charge in [-0.3, -0.25) is 9.36 Å². The molecule has 0 aliphatic rings. The van der Waals surface area contributed by atoms with E-state index in [0.29, 0.717) is 22.4 Å². The van der Waals surface area contributed by atoms with Crippen LogP contribution in [0.4, 0.5) is 11.4 Å². The minimum absolute atomic E-state index is 0.132. The third-order valence-electron chi connectivity index (χ3n) is 5.02. The van der Waals surface area contributed by atoms with Crippen molar-refractivity contribution in [1.29, 1.82) is 0 Å². The molecule has 1 heterocycles. The monoisotopic (exact) mass is 477 g/mol. The molecule has 0 aliphatic carbocycles. The SMILES string of the molecule is Cc1ccc(NCc2nnc(SCC(=O)Nc3cc(Cl)ccc3C)n2-c2ccccc2)cc1. The lowest BCUT2D eigenvalue weighted by Gasteiger charge is -2.12. The Morgan fingerprint density at radius 2 is 1.76 bits per heavy atom. The fraction of sp³-hybridized carbons (Fsp3) is 0.160. The number of benzene rings is 3. The molecule has 4 rings (SSSR count). The van der Waals surface area contributed by atoms with Crippen LogP contribution < -0.4 is 10.6 Å². The van der Waals surface area contributed by atoms with Crippen molar-refractivity contribution >= 4 is 40.6 Å². The summed E-state index contributed by atoms with van der Waals surface area (Å²) in [6, 6.07) is 23.5. The highest BCUT2D eigenvalue weighted by Crippen LogP contribution is 2.24. The molecule has 0 fully saturated rings. The van der Waals surface area contributed by atoms with Gasteiger partial charge < -0.3 is 10.6 Å². The van der Waals surface area contributed by atoms with Crippen molar-refractivity contribution in [2.75, 3.05) is 16.4 Å². The van der Waals surface area contributed by atoms with Gasteiger partial charge >= 0.3 is 0 Å². The number of carbonyl (C=O) groups is 1. The molecule has 1 amide bonds. The zero-order valence-corrected chi connectivity index (χ0v) is 20.0.